The van der Waals surface area contributed by atoms with Gasteiger partial charge in [0.15, 0.2) is 0 Å². The van der Waals surface area contributed by atoms with Gasteiger partial charge in [-0.15, -0.1) is 0 Å². The fourth-order valence-electron chi connectivity index (χ4n) is 2.04. The first-order chi connectivity index (χ1) is 9.65. The minimum atomic E-state index is 0.719. The molecule has 0 radical (unpaired) electrons. The maximum Gasteiger partial charge on any atom is 0.145 e. The van der Waals surface area contributed by atoms with Gasteiger partial charge in [-0.2, -0.15) is 0 Å². The zero-order valence-electron chi connectivity index (χ0n) is 10.9. The van der Waals surface area contributed by atoms with E-state index in [0.29, 0.717) is 0 Å². The number of imidazole rings is 1. The van der Waals surface area contributed by atoms with Crippen molar-refractivity contribution in [1.82, 2.24) is 14.5 Å². The summed E-state index contributed by atoms with van der Waals surface area (Å²) >= 11 is 3.46. The molecule has 0 saturated heterocycles. The van der Waals surface area contributed by atoms with E-state index < -0.39 is 0 Å². The van der Waals surface area contributed by atoms with Gasteiger partial charge in [-0.1, -0.05) is 12.1 Å². The zero-order valence-corrected chi connectivity index (χ0v) is 12.5. The predicted molar refractivity (Wildman–Crippen MR) is 83.6 cm³/mol. The number of pyridine rings is 1. The van der Waals surface area contributed by atoms with E-state index in [2.05, 4.69) is 25.9 Å². The molecule has 3 rings (SSSR count). The molecule has 1 aromatic carbocycles. The Balaban J connectivity index is 2.12. The second-order valence-corrected chi connectivity index (χ2v) is 5.39. The van der Waals surface area contributed by atoms with Crippen LogP contribution in [-0.4, -0.2) is 14.5 Å². The van der Waals surface area contributed by atoms with Crippen molar-refractivity contribution in [2.24, 2.45) is 0 Å². The van der Waals surface area contributed by atoms with Crippen molar-refractivity contribution >= 4 is 21.6 Å². The lowest BCUT2D eigenvalue weighted by molar-refractivity contribution is 0.994. The lowest BCUT2D eigenvalue weighted by Crippen LogP contribution is -2.00. The molecule has 0 bridgehead atoms. The Bertz CT molecular complexity index is 764. The van der Waals surface area contributed by atoms with Crippen molar-refractivity contribution in [2.75, 3.05) is 5.73 Å². The molecule has 0 aliphatic rings. The highest BCUT2D eigenvalue weighted by Gasteiger charge is 2.09. The first-order valence-electron chi connectivity index (χ1n) is 6.17. The first kappa shape index (κ1) is 12.9. The third kappa shape index (κ3) is 2.32. The molecule has 100 valence electrons. The molecule has 5 heteroatoms. The molecule has 0 spiro atoms. The summed E-state index contributed by atoms with van der Waals surface area (Å²) in [5, 5.41) is 0. The number of anilines is 1. The number of benzene rings is 1. The van der Waals surface area contributed by atoms with Crippen LogP contribution in [0.1, 0.15) is 5.56 Å². The summed E-state index contributed by atoms with van der Waals surface area (Å²) < 4.78 is 2.95. The van der Waals surface area contributed by atoms with Gasteiger partial charge in [0.2, 0.25) is 0 Å². The van der Waals surface area contributed by atoms with E-state index in [1.54, 1.807) is 12.4 Å². The number of rotatable bonds is 2. The smallest absolute Gasteiger partial charge is 0.145 e. The number of nitrogens with two attached hydrogens (primary N) is 1. The van der Waals surface area contributed by atoms with Crippen LogP contribution in [0, 0.1) is 6.92 Å². The van der Waals surface area contributed by atoms with Gasteiger partial charge in [0.1, 0.15) is 11.6 Å². The van der Waals surface area contributed by atoms with Crippen LogP contribution in [0.3, 0.4) is 0 Å². The molecule has 0 atom stereocenters. The molecule has 20 heavy (non-hydrogen) atoms. The molecule has 0 amide bonds. The number of hydrogen-bond donors (Lipinski definition) is 1. The van der Waals surface area contributed by atoms with E-state index in [-0.39, 0.29) is 0 Å². The Morgan fingerprint density at radius 2 is 2.05 bits per heavy atom. The summed E-state index contributed by atoms with van der Waals surface area (Å²) in [4.78, 5) is 8.85. The molecule has 3 aromatic rings. The number of aromatic nitrogens is 3. The normalized spacial score (nSPS) is 10.7. The van der Waals surface area contributed by atoms with Crippen LogP contribution in [0.15, 0.2) is 53.4 Å². The Morgan fingerprint density at radius 3 is 2.80 bits per heavy atom. The molecule has 0 unspecified atom stereocenters. The SMILES string of the molecule is Cc1cc(-n2ccnc2-c2cccc(N)c2)ncc1Br. The number of nitrogen functional groups attached to an aromatic ring is 1. The molecule has 2 heterocycles. The molecule has 0 saturated carbocycles. The summed E-state index contributed by atoms with van der Waals surface area (Å²) in [5.74, 6) is 1.66. The van der Waals surface area contributed by atoms with Crippen molar-refractivity contribution in [1.29, 1.82) is 0 Å². The van der Waals surface area contributed by atoms with Crippen LogP contribution < -0.4 is 5.73 Å². The number of halogens is 1. The first-order valence-corrected chi connectivity index (χ1v) is 6.96. The molecule has 0 aliphatic heterocycles. The fraction of sp³-hybridized carbons (Fsp3) is 0.0667. The quantitative estimate of drug-likeness (QED) is 0.731. The molecular formula is C15H13BrN4. The number of hydrogen-bond acceptors (Lipinski definition) is 3. The minimum Gasteiger partial charge on any atom is -0.399 e. The van der Waals surface area contributed by atoms with Crippen LogP contribution in [0.2, 0.25) is 0 Å². The van der Waals surface area contributed by atoms with Crippen molar-refractivity contribution < 1.29 is 0 Å². The van der Waals surface area contributed by atoms with E-state index in [0.717, 1.165) is 32.9 Å². The van der Waals surface area contributed by atoms with Gasteiger partial charge in [-0.3, -0.25) is 4.57 Å². The van der Waals surface area contributed by atoms with Gasteiger partial charge in [0.25, 0.3) is 0 Å². The molecule has 4 nitrogen and oxygen atoms in total. The Labute approximate surface area is 125 Å². The highest BCUT2D eigenvalue weighted by Crippen LogP contribution is 2.24. The van der Waals surface area contributed by atoms with Crippen LogP contribution in [0.5, 0.6) is 0 Å². The zero-order chi connectivity index (χ0) is 14.1. The van der Waals surface area contributed by atoms with E-state index in [9.17, 15) is 0 Å². The summed E-state index contributed by atoms with van der Waals surface area (Å²) in [7, 11) is 0. The fourth-order valence-corrected chi connectivity index (χ4v) is 2.25. The van der Waals surface area contributed by atoms with Gasteiger partial charge >= 0.3 is 0 Å². The summed E-state index contributed by atoms with van der Waals surface area (Å²) in [6.07, 6.45) is 5.46. The Kier molecular flexibility index (Phi) is 3.28. The molecule has 0 aliphatic carbocycles. The molecule has 2 N–H and O–H groups in total. The Hall–Kier alpha value is -2.14. The van der Waals surface area contributed by atoms with Crippen LogP contribution >= 0.6 is 15.9 Å². The van der Waals surface area contributed by atoms with Crippen LogP contribution in [0.4, 0.5) is 5.69 Å². The molecular weight excluding hydrogens is 316 g/mol. The molecule has 2 aromatic heterocycles. The monoisotopic (exact) mass is 328 g/mol. The lowest BCUT2D eigenvalue weighted by Gasteiger charge is -2.09. The van der Waals surface area contributed by atoms with Gasteiger partial charge < -0.3 is 5.73 Å². The third-order valence-electron chi connectivity index (χ3n) is 3.06. The number of nitrogens with zero attached hydrogens (tertiary/aromatic N) is 3. The lowest BCUT2D eigenvalue weighted by atomic mass is 10.2. The average molecular weight is 329 g/mol. The van der Waals surface area contributed by atoms with E-state index in [1.165, 1.54) is 0 Å². The number of aryl methyl sites for hydroxylation is 1. The minimum absolute atomic E-state index is 0.719. The van der Waals surface area contributed by atoms with E-state index in [1.807, 2.05) is 48.0 Å². The Morgan fingerprint density at radius 1 is 1.20 bits per heavy atom. The average Bonchev–Trinajstić information content (AvgIpc) is 2.91. The van der Waals surface area contributed by atoms with E-state index in [4.69, 9.17) is 5.73 Å². The standard InChI is InChI=1S/C15H13BrN4/c1-10-7-14(19-9-13(10)16)20-6-5-18-15(20)11-3-2-4-12(17)8-11/h2-9H,17H2,1H3. The maximum atomic E-state index is 5.84. The topological polar surface area (TPSA) is 56.7 Å². The second kappa shape index (κ2) is 5.09. The van der Waals surface area contributed by atoms with Crippen molar-refractivity contribution in [3.05, 3.63) is 59.0 Å². The van der Waals surface area contributed by atoms with Gasteiger partial charge in [-0.25, -0.2) is 9.97 Å². The summed E-state index contributed by atoms with van der Waals surface area (Å²) in [6.45, 7) is 2.03. The van der Waals surface area contributed by atoms with Crippen LogP contribution in [-0.2, 0) is 0 Å². The van der Waals surface area contributed by atoms with E-state index >= 15 is 0 Å². The van der Waals surface area contributed by atoms with Crippen molar-refractivity contribution in [2.45, 2.75) is 6.92 Å². The highest BCUT2D eigenvalue weighted by molar-refractivity contribution is 9.10. The summed E-state index contributed by atoms with van der Waals surface area (Å²) in [6, 6.07) is 9.69. The molecule has 0 fully saturated rings. The van der Waals surface area contributed by atoms with Crippen molar-refractivity contribution in [3.8, 4) is 17.2 Å². The second-order valence-electron chi connectivity index (χ2n) is 4.54. The third-order valence-corrected chi connectivity index (χ3v) is 3.90. The largest absolute Gasteiger partial charge is 0.399 e. The predicted octanol–water partition coefficient (Wildman–Crippen LogP) is 3.59. The van der Waals surface area contributed by atoms with Gasteiger partial charge in [0, 0.05) is 34.3 Å². The summed E-state index contributed by atoms with van der Waals surface area (Å²) in [5.41, 5.74) is 8.65. The van der Waals surface area contributed by atoms with Crippen molar-refractivity contribution in [3.63, 3.8) is 0 Å². The highest BCUT2D eigenvalue weighted by atomic mass is 79.9. The maximum absolute atomic E-state index is 5.84. The van der Waals surface area contributed by atoms with Gasteiger partial charge in [-0.05, 0) is 46.6 Å². The van der Waals surface area contributed by atoms with Gasteiger partial charge in [0.05, 0.1) is 0 Å². The van der Waals surface area contributed by atoms with Crippen LogP contribution in [0.25, 0.3) is 17.2 Å².